The molecule has 0 spiro atoms. The van der Waals surface area contributed by atoms with E-state index in [4.69, 9.17) is 4.74 Å². The Balaban J connectivity index is 1.62. The van der Waals surface area contributed by atoms with Crippen molar-refractivity contribution >= 4 is 11.8 Å². The van der Waals surface area contributed by atoms with Crippen LogP contribution in [0.1, 0.15) is 29.2 Å². The van der Waals surface area contributed by atoms with Gasteiger partial charge in [0, 0.05) is 13.6 Å². The molecule has 28 heavy (non-hydrogen) atoms. The lowest BCUT2D eigenvalue weighted by molar-refractivity contribution is -0.162. The molecule has 0 saturated carbocycles. The first-order chi connectivity index (χ1) is 13.5. The molecule has 0 aromatic heterocycles. The molecule has 2 atom stereocenters. The molecule has 0 radical (unpaired) electrons. The quantitative estimate of drug-likeness (QED) is 0.779. The van der Waals surface area contributed by atoms with Gasteiger partial charge in [0.25, 0.3) is 5.91 Å². The molecule has 1 N–H and O–H groups in total. The highest BCUT2D eigenvalue weighted by Gasteiger charge is 2.39. The summed E-state index contributed by atoms with van der Waals surface area (Å²) >= 11 is 0. The topological polar surface area (TPSA) is 58.6 Å². The van der Waals surface area contributed by atoms with E-state index in [2.05, 4.69) is 5.32 Å². The Bertz CT molecular complexity index is 838. The van der Waals surface area contributed by atoms with Crippen LogP contribution in [0.4, 0.5) is 4.39 Å². The molecule has 1 aliphatic heterocycles. The van der Waals surface area contributed by atoms with E-state index in [0.29, 0.717) is 24.9 Å². The fourth-order valence-electron chi connectivity index (χ4n) is 3.39. The fourth-order valence-corrected chi connectivity index (χ4v) is 3.39. The third-order valence-corrected chi connectivity index (χ3v) is 5.04. The van der Waals surface area contributed by atoms with Gasteiger partial charge in [-0.05, 0) is 37.0 Å². The van der Waals surface area contributed by atoms with E-state index in [0.717, 1.165) is 11.1 Å². The zero-order valence-electron chi connectivity index (χ0n) is 16.2. The molecule has 2 aromatic rings. The standard InChI is InChI=1S/C22H25FN2O3/c1-15-9-11-17(12-10-15)20-21(28-14-19(26)25(20)2)22(27)24-13-5-7-16-6-3-4-8-18(16)23/h3-4,6,8-12,20-21H,5,7,13-14H2,1-2H3,(H,24,27). The first-order valence-corrected chi connectivity index (χ1v) is 9.42. The average Bonchev–Trinajstić information content (AvgIpc) is 2.69. The Morgan fingerprint density at radius 2 is 1.93 bits per heavy atom. The van der Waals surface area contributed by atoms with Gasteiger partial charge in [-0.2, -0.15) is 0 Å². The number of nitrogens with zero attached hydrogens (tertiary/aromatic N) is 1. The van der Waals surface area contributed by atoms with Crippen molar-refractivity contribution in [1.82, 2.24) is 10.2 Å². The number of halogens is 1. The van der Waals surface area contributed by atoms with Gasteiger partial charge < -0.3 is 15.0 Å². The molecule has 148 valence electrons. The van der Waals surface area contributed by atoms with Crippen molar-refractivity contribution in [1.29, 1.82) is 0 Å². The van der Waals surface area contributed by atoms with Crippen LogP contribution in [0.5, 0.6) is 0 Å². The van der Waals surface area contributed by atoms with Gasteiger partial charge in [-0.3, -0.25) is 9.59 Å². The molecule has 2 unspecified atom stereocenters. The van der Waals surface area contributed by atoms with E-state index in [-0.39, 0.29) is 24.2 Å². The van der Waals surface area contributed by atoms with Gasteiger partial charge in [0.15, 0.2) is 6.10 Å². The molecule has 0 bridgehead atoms. The molecule has 2 aromatic carbocycles. The molecule has 1 aliphatic rings. The summed E-state index contributed by atoms with van der Waals surface area (Å²) in [5.41, 5.74) is 2.59. The molecule has 2 amide bonds. The minimum atomic E-state index is -0.779. The minimum absolute atomic E-state index is 0.119. The van der Waals surface area contributed by atoms with E-state index >= 15 is 0 Å². The number of nitrogens with one attached hydrogen (secondary N) is 1. The van der Waals surface area contributed by atoms with Crippen LogP contribution in [0.3, 0.4) is 0 Å². The van der Waals surface area contributed by atoms with E-state index in [1.54, 1.807) is 30.1 Å². The number of benzene rings is 2. The lowest BCUT2D eigenvalue weighted by Crippen LogP contribution is -2.53. The number of ether oxygens (including phenoxy) is 1. The Morgan fingerprint density at radius 1 is 1.21 bits per heavy atom. The third-order valence-electron chi connectivity index (χ3n) is 5.04. The van der Waals surface area contributed by atoms with Gasteiger partial charge in [-0.1, -0.05) is 48.0 Å². The second-order valence-corrected chi connectivity index (χ2v) is 7.08. The fraction of sp³-hybridized carbons (Fsp3) is 0.364. The highest BCUT2D eigenvalue weighted by Crippen LogP contribution is 2.29. The summed E-state index contributed by atoms with van der Waals surface area (Å²) in [5, 5.41) is 2.86. The summed E-state index contributed by atoms with van der Waals surface area (Å²) in [7, 11) is 1.69. The van der Waals surface area contributed by atoms with Gasteiger partial charge in [0.1, 0.15) is 12.4 Å². The Hall–Kier alpha value is -2.73. The maximum absolute atomic E-state index is 13.7. The van der Waals surface area contributed by atoms with Crippen molar-refractivity contribution in [2.45, 2.75) is 31.9 Å². The molecule has 1 saturated heterocycles. The number of carbonyl (C=O) groups is 2. The number of rotatable bonds is 6. The second kappa shape index (κ2) is 8.97. The summed E-state index contributed by atoms with van der Waals surface area (Å²) in [6.45, 7) is 2.27. The van der Waals surface area contributed by atoms with Gasteiger partial charge in [-0.25, -0.2) is 4.39 Å². The van der Waals surface area contributed by atoms with E-state index < -0.39 is 12.1 Å². The predicted molar refractivity (Wildman–Crippen MR) is 104 cm³/mol. The maximum atomic E-state index is 13.7. The van der Waals surface area contributed by atoms with Crippen LogP contribution < -0.4 is 5.32 Å². The van der Waals surface area contributed by atoms with Crippen molar-refractivity contribution in [3.8, 4) is 0 Å². The summed E-state index contributed by atoms with van der Waals surface area (Å²) in [5.74, 6) is -0.656. The SMILES string of the molecule is Cc1ccc(C2C(C(=O)NCCCc3ccccc3F)OCC(=O)N2C)cc1. The number of aryl methyl sites for hydroxylation is 2. The summed E-state index contributed by atoms with van der Waals surface area (Å²) in [6.07, 6.45) is 0.376. The van der Waals surface area contributed by atoms with Crippen molar-refractivity contribution in [2.24, 2.45) is 0 Å². The second-order valence-electron chi connectivity index (χ2n) is 7.08. The molecular formula is C22H25FN2O3. The van der Waals surface area contributed by atoms with Crippen LogP contribution in [-0.4, -0.2) is 43.0 Å². The normalized spacial score (nSPS) is 19.5. The van der Waals surface area contributed by atoms with Crippen LogP contribution in [0, 0.1) is 12.7 Å². The predicted octanol–water partition coefficient (Wildman–Crippen LogP) is 2.78. The summed E-state index contributed by atoms with van der Waals surface area (Å²) in [6, 6.07) is 13.9. The Morgan fingerprint density at radius 3 is 2.64 bits per heavy atom. The van der Waals surface area contributed by atoms with Crippen molar-refractivity contribution in [3.05, 3.63) is 71.0 Å². The zero-order chi connectivity index (χ0) is 20.1. The average molecular weight is 384 g/mol. The lowest BCUT2D eigenvalue weighted by Gasteiger charge is -2.38. The van der Waals surface area contributed by atoms with Gasteiger partial charge in [0.05, 0.1) is 6.04 Å². The zero-order valence-corrected chi connectivity index (χ0v) is 16.2. The highest BCUT2D eigenvalue weighted by molar-refractivity contribution is 5.86. The Kier molecular flexibility index (Phi) is 6.41. The van der Waals surface area contributed by atoms with E-state index in [9.17, 15) is 14.0 Å². The smallest absolute Gasteiger partial charge is 0.251 e. The molecule has 3 rings (SSSR count). The van der Waals surface area contributed by atoms with Gasteiger partial charge in [-0.15, -0.1) is 0 Å². The number of amides is 2. The van der Waals surface area contributed by atoms with Crippen LogP contribution >= 0.6 is 0 Å². The monoisotopic (exact) mass is 384 g/mol. The van der Waals surface area contributed by atoms with Gasteiger partial charge in [0.2, 0.25) is 5.91 Å². The first kappa shape index (κ1) is 20.0. The number of morpholine rings is 1. The lowest BCUT2D eigenvalue weighted by atomic mass is 9.96. The van der Waals surface area contributed by atoms with Crippen molar-refractivity contribution < 1.29 is 18.7 Å². The summed E-state index contributed by atoms with van der Waals surface area (Å²) < 4.78 is 19.3. The number of hydrogen-bond acceptors (Lipinski definition) is 3. The van der Waals surface area contributed by atoms with E-state index in [1.807, 2.05) is 31.2 Å². The van der Waals surface area contributed by atoms with Crippen LogP contribution in [0.15, 0.2) is 48.5 Å². The van der Waals surface area contributed by atoms with Gasteiger partial charge >= 0.3 is 0 Å². The maximum Gasteiger partial charge on any atom is 0.251 e. The van der Waals surface area contributed by atoms with Crippen molar-refractivity contribution in [2.75, 3.05) is 20.2 Å². The van der Waals surface area contributed by atoms with Crippen molar-refractivity contribution in [3.63, 3.8) is 0 Å². The molecule has 0 aliphatic carbocycles. The largest absolute Gasteiger partial charge is 0.356 e. The molecule has 6 heteroatoms. The molecule has 5 nitrogen and oxygen atoms in total. The summed E-state index contributed by atoms with van der Waals surface area (Å²) in [4.78, 5) is 26.4. The number of hydrogen-bond donors (Lipinski definition) is 1. The first-order valence-electron chi connectivity index (χ1n) is 9.42. The van der Waals surface area contributed by atoms with Crippen LogP contribution in [-0.2, 0) is 20.7 Å². The number of likely N-dealkylation sites (N-methyl/N-ethyl adjacent to an activating group) is 1. The van der Waals surface area contributed by atoms with Crippen LogP contribution in [0.25, 0.3) is 0 Å². The Labute approximate surface area is 164 Å². The molecule has 1 heterocycles. The highest BCUT2D eigenvalue weighted by atomic mass is 19.1. The molecular weight excluding hydrogens is 359 g/mol. The number of carbonyl (C=O) groups excluding carboxylic acids is 2. The minimum Gasteiger partial charge on any atom is -0.356 e. The van der Waals surface area contributed by atoms with Crippen LogP contribution in [0.2, 0.25) is 0 Å². The third kappa shape index (κ3) is 4.57. The molecule has 1 fully saturated rings. The van der Waals surface area contributed by atoms with E-state index in [1.165, 1.54) is 6.07 Å².